The lowest BCUT2D eigenvalue weighted by atomic mass is 9.86. The van der Waals surface area contributed by atoms with Gasteiger partial charge in [0.05, 0.1) is 0 Å². The van der Waals surface area contributed by atoms with Crippen molar-refractivity contribution < 1.29 is 22.0 Å². The minimum atomic E-state index is -2.10. The van der Waals surface area contributed by atoms with Gasteiger partial charge in [-0.3, -0.25) is 0 Å². The predicted molar refractivity (Wildman–Crippen MR) is 63.3 cm³/mol. The van der Waals surface area contributed by atoms with Crippen LogP contribution in [-0.4, -0.2) is 0 Å². The van der Waals surface area contributed by atoms with Gasteiger partial charge in [0.1, 0.15) is 0 Å². The molecule has 0 amide bonds. The zero-order valence-corrected chi connectivity index (χ0v) is 11.2. The quantitative estimate of drug-likeness (QED) is 0.389. The first-order chi connectivity index (χ1) is 8.81. The van der Waals surface area contributed by atoms with Gasteiger partial charge in [0.15, 0.2) is 23.3 Å². The molecule has 0 fully saturated rings. The maximum absolute atomic E-state index is 13.7. The first-order valence-corrected chi connectivity index (χ1v) is 6.32. The Labute approximate surface area is 109 Å². The number of hydrogen-bond donors (Lipinski definition) is 0. The number of rotatable bonds is 5. The van der Waals surface area contributed by atoms with Gasteiger partial charge in [0, 0.05) is 5.56 Å². The molecule has 1 unspecified atom stereocenters. The standard InChI is InChI=1S/C14H17F5/c1-4-5-8(6-7(2)3)9-10(15)12(17)14(19)13(18)11(9)16/h7-8H,4-6H2,1-3H3. The van der Waals surface area contributed by atoms with E-state index >= 15 is 0 Å². The molecule has 19 heavy (non-hydrogen) atoms. The van der Waals surface area contributed by atoms with Gasteiger partial charge in [0.25, 0.3) is 0 Å². The van der Waals surface area contributed by atoms with E-state index in [1.165, 1.54) is 0 Å². The summed E-state index contributed by atoms with van der Waals surface area (Å²) in [4.78, 5) is 0. The molecule has 1 aromatic rings. The number of halogens is 5. The highest BCUT2D eigenvalue weighted by Crippen LogP contribution is 2.35. The van der Waals surface area contributed by atoms with Crippen molar-refractivity contribution in [3.63, 3.8) is 0 Å². The molecule has 0 radical (unpaired) electrons. The maximum atomic E-state index is 13.7. The average molecular weight is 280 g/mol. The van der Waals surface area contributed by atoms with Crippen LogP contribution in [-0.2, 0) is 0 Å². The van der Waals surface area contributed by atoms with Crippen molar-refractivity contribution in [1.82, 2.24) is 0 Å². The monoisotopic (exact) mass is 280 g/mol. The molecule has 0 aliphatic carbocycles. The molecule has 1 atom stereocenters. The third-order valence-electron chi connectivity index (χ3n) is 3.05. The fraction of sp³-hybridized carbons (Fsp3) is 0.571. The van der Waals surface area contributed by atoms with E-state index in [1.54, 1.807) is 6.92 Å². The van der Waals surface area contributed by atoms with Gasteiger partial charge in [-0.1, -0.05) is 27.2 Å². The Morgan fingerprint density at radius 2 is 1.21 bits per heavy atom. The average Bonchev–Trinajstić information content (AvgIpc) is 2.34. The molecule has 0 aliphatic heterocycles. The Bertz CT molecular complexity index is 425. The summed E-state index contributed by atoms with van der Waals surface area (Å²) in [6.07, 6.45) is 1.37. The molecular formula is C14H17F5. The van der Waals surface area contributed by atoms with Crippen LogP contribution in [0.1, 0.15) is 51.5 Å². The summed E-state index contributed by atoms with van der Waals surface area (Å²) in [5.74, 6) is -9.77. The molecule has 0 N–H and O–H groups in total. The molecular weight excluding hydrogens is 263 g/mol. The Morgan fingerprint density at radius 1 is 0.789 bits per heavy atom. The van der Waals surface area contributed by atoms with Crippen molar-refractivity contribution in [3.05, 3.63) is 34.6 Å². The van der Waals surface area contributed by atoms with Crippen LogP contribution < -0.4 is 0 Å². The van der Waals surface area contributed by atoms with Crippen LogP contribution in [0.25, 0.3) is 0 Å². The molecule has 0 saturated heterocycles. The van der Waals surface area contributed by atoms with Crippen LogP contribution in [0.15, 0.2) is 0 Å². The van der Waals surface area contributed by atoms with Crippen molar-refractivity contribution >= 4 is 0 Å². The van der Waals surface area contributed by atoms with E-state index in [9.17, 15) is 22.0 Å². The first kappa shape index (κ1) is 15.9. The summed E-state index contributed by atoms with van der Waals surface area (Å²) in [6.45, 7) is 5.49. The van der Waals surface area contributed by atoms with Crippen molar-refractivity contribution in [3.8, 4) is 0 Å². The highest BCUT2D eigenvalue weighted by Gasteiger charge is 2.30. The van der Waals surface area contributed by atoms with Gasteiger partial charge >= 0.3 is 0 Å². The number of benzene rings is 1. The fourth-order valence-corrected chi connectivity index (χ4v) is 2.28. The lowest BCUT2D eigenvalue weighted by Crippen LogP contribution is -2.13. The molecule has 1 rings (SSSR count). The predicted octanol–water partition coefficient (Wildman–Crippen LogP) is 5.31. The zero-order valence-electron chi connectivity index (χ0n) is 11.2. The first-order valence-electron chi connectivity index (χ1n) is 6.32. The van der Waals surface area contributed by atoms with E-state index in [4.69, 9.17) is 0 Å². The minimum Gasteiger partial charge on any atom is -0.203 e. The Hall–Kier alpha value is -1.13. The second kappa shape index (κ2) is 6.35. The lowest BCUT2D eigenvalue weighted by molar-refractivity contribution is 0.352. The molecule has 0 aliphatic rings. The third-order valence-corrected chi connectivity index (χ3v) is 3.05. The summed E-state index contributed by atoms with van der Waals surface area (Å²) in [5, 5.41) is 0. The van der Waals surface area contributed by atoms with Gasteiger partial charge in [-0.2, -0.15) is 0 Å². The van der Waals surface area contributed by atoms with Crippen molar-refractivity contribution in [2.45, 2.75) is 46.0 Å². The molecule has 108 valence electrons. The molecule has 0 heterocycles. The van der Waals surface area contributed by atoms with E-state index in [0.29, 0.717) is 19.3 Å². The molecule has 0 aromatic heterocycles. The van der Waals surface area contributed by atoms with E-state index in [0.717, 1.165) is 0 Å². The minimum absolute atomic E-state index is 0.103. The summed E-state index contributed by atoms with van der Waals surface area (Å²) in [6, 6.07) is 0. The second-order valence-electron chi connectivity index (χ2n) is 5.10. The molecule has 5 heteroatoms. The third kappa shape index (κ3) is 3.25. The topological polar surface area (TPSA) is 0 Å². The molecule has 0 spiro atoms. The maximum Gasteiger partial charge on any atom is 0.200 e. The number of hydrogen-bond acceptors (Lipinski definition) is 0. The van der Waals surface area contributed by atoms with Gasteiger partial charge in [-0.25, -0.2) is 22.0 Å². The molecule has 0 saturated carbocycles. The van der Waals surface area contributed by atoms with Crippen LogP contribution in [0.3, 0.4) is 0 Å². The van der Waals surface area contributed by atoms with E-state index in [-0.39, 0.29) is 5.92 Å². The Kier molecular flexibility index (Phi) is 5.32. The van der Waals surface area contributed by atoms with Gasteiger partial charge in [-0.05, 0) is 24.7 Å². The lowest BCUT2D eigenvalue weighted by Gasteiger charge is -2.20. The van der Waals surface area contributed by atoms with Gasteiger partial charge < -0.3 is 0 Å². The van der Waals surface area contributed by atoms with Crippen LogP contribution in [0.4, 0.5) is 22.0 Å². The Morgan fingerprint density at radius 3 is 1.58 bits per heavy atom. The highest BCUT2D eigenvalue weighted by atomic mass is 19.2. The summed E-state index contributed by atoms with van der Waals surface area (Å²) in [7, 11) is 0. The smallest absolute Gasteiger partial charge is 0.200 e. The van der Waals surface area contributed by atoms with Crippen LogP contribution in [0.2, 0.25) is 0 Å². The SMILES string of the molecule is CCCC(CC(C)C)c1c(F)c(F)c(F)c(F)c1F. The molecule has 1 aromatic carbocycles. The zero-order chi connectivity index (χ0) is 14.7. The van der Waals surface area contributed by atoms with Crippen LogP contribution >= 0.6 is 0 Å². The van der Waals surface area contributed by atoms with Gasteiger partial charge in [0.2, 0.25) is 5.82 Å². The van der Waals surface area contributed by atoms with Crippen molar-refractivity contribution in [2.75, 3.05) is 0 Å². The van der Waals surface area contributed by atoms with Gasteiger partial charge in [-0.15, -0.1) is 0 Å². The van der Waals surface area contributed by atoms with E-state index in [2.05, 4.69) is 0 Å². The van der Waals surface area contributed by atoms with E-state index < -0.39 is 40.6 Å². The summed E-state index contributed by atoms with van der Waals surface area (Å²) < 4.78 is 66.8. The largest absolute Gasteiger partial charge is 0.203 e. The molecule has 0 nitrogen and oxygen atoms in total. The molecule has 0 bridgehead atoms. The summed E-state index contributed by atoms with van der Waals surface area (Å²) in [5.41, 5.74) is -0.674. The van der Waals surface area contributed by atoms with Crippen molar-refractivity contribution in [1.29, 1.82) is 0 Å². The normalized spacial score (nSPS) is 13.1. The van der Waals surface area contributed by atoms with Crippen LogP contribution in [0.5, 0.6) is 0 Å². The second-order valence-corrected chi connectivity index (χ2v) is 5.10. The van der Waals surface area contributed by atoms with E-state index in [1.807, 2.05) is 13.8 Å². The highest BCUT2D eigenvalue weighted by molar-refractivity contribution is 5.27. The fourth-order valence-electron chi connectivity index (χ4n) is 2.28. The van der Waals surface area contributed by atoms with Crippen molar-refractivity contribution in [2.24, 2.45) is 5.92 Å². The Balaban J connectivity index is 3.37. The van der Waals surface area contributed by atoms with Crippen LogP contribution in [0, 0.1) is 35.0 Å². The summed E-state index contributed by atoms with van der Waals surface area (Å²) >= 11 is 0.